The summed E-state index contributed by atoms with van der Waals surface area (Å²) >= 11 is 18.0. The van der Waals surface area contributed by atoms with Crippen LogP contribution in [0, 0.1) is 0 Å². The van der Waals surface area contributed by atoms with E-state index in [0.717, 1.165) is 0 Å². The summed E-state index contributed by atoms with van der Waals surface area (Å²) in [5.41, 5.74) is 0.714. The zero-order valence-electron chi connectivity index (χ0n) is 8.42. The molecular weight excluding hydrogens is 270 g/mol. The Morgan fingerprint density at radius 1 is 1.19 bits per heavy atom. The van der Waals surface area contributed by atoms with Crippen LogP contribution in [0.15, 0.2) is 12.1 Å². The van der Waals surface area contributed by atoms with Gasteiger partial charge in [-0.15, -0.1) is 0 Å². The molecule has 1 saturated heterocycles. The molecule has 1 N–H and O–H groups in total. The van der Waals surface area contributed by atoms with E-state index in [2.05, 4.69) is 0 Å². The molecule has 0 radical (unpaired) electrons. The van der Waals surface area contributed by atoms with Gasteiger partial charge in [-0.05, 0) is 18.6 Å². The third-order valence-corrected chi connectivity index (χ3v) is 3.47. The van der Waals surface area contributed by atoms with Crippen LogP contribution in [-0.2, 0) is 4.74 Å². The number of aliphatic hydroxyl groups is 1. The lowest BCUT2D eigenvalue weighted by atomic mass is 9.99. The lowest BCUT2D eigenvalue weighted by Crippen LogP contribution is -2.23. The molecule has 1 aliphatic rings. The number of aliphatic hydroxyl groups excluding tert-OH is 1. The van der Waals surface area contributed by atoms with Crippen LogP contribution in [0.1, 0.15) is 24.5 Å². The molecule has 1 aromatic carbocycles. The quantitative estimate of drug-likeness (QED) is 0.847. The number of hydrogen-bond acceptors (Lipinski definition) is 2. The molecular formula is C11H11Cl3O2. The molecule has 1 heterocycles. The first-order chi connectivity index (χ1) is 7.58. The Morgan fingerprint density at radius 2 is 1.81 bits per heavy atom. The summed E-state index contributed by atoms with van der Waals surface area (Å²) in [7, 11) is 0. The summed E-state index contributed by atoms with van der Waals surface area (Å²) in [6, 6.07) is 3.27. The molecule has 0 bridgehead atoms. The van der Waals surface area contributed by atoms with Gasteiger partial charge in [-0.1, -0.05) is 34.8 Å². The van der Waals surface area contributed by atoms with Crippen molar-refractivity contribution in [3.05, 3.63) is 32.8 Å². The Bertz CT molecular complexity index is 372. The smallest absolute Gasteiger partial charge is 0.0878 e. The van der Waals surface area contributed by atoms with Crippen LogP contribution in [-0.4, -0.2) is 17.8 Å². The molecule has 0 aliphatic carbocycles. The molecule has 2 rings (SSSR count). The number of hydrogen-bond donors (Lipinski definition) is 1. The summed E-state index contributed by atoms with van der Waals surface area (Å²) in [5.74, 6) is 0. The molecule has 2 unspecified atom stereocenters. The van der Waals surface area contributed by atoms with Gasteiger partial charge in [0.05, 0.1) is 12.2 Å². The summed E-state index contributed by atoms with van der Waals surface area (Å²) in [6.07, 6.45) is 0.558. The van der Waals surface area contributed by atoms with Gasteiger partial charge in [-0.2, -0.15) is 0 Å². The predicted octanol–water partition coefficient (Wildman–Crippen LogP) is 3.86. The molecule has 0 aromatic heterocycles. The Morgan fingerprint density at radius 3 is 2.38 bits per heavy atom. The molecule has 2 atom stereocenters. The normalized spacial score (nSPS) is 25.8. The van der Waals surface area contributed by atoms with Gasteiger partial charge in [0.25, 0.3) is 0 Å². The maximum atomic E-state index is 9.59. The number of rotatable bonds is 1. The summed E-state index contributed by atoms with van der Waals surface area (Å²) < 4.78 is 5.56. The number of benzene rings is 1. The first kappa shape index (κ1) is 12.5. The van der Waals surface area contributed by atoms with Crippen molar-refractivity contribution in [3.63, 3.8) is 0 Å². The minimum absolute atomic E-state index is 0.249. The molecule has 16 heavy (non-hydrogen) atoms. The van der Waals surface area contributed by atoms with Gasteiger partial charge < -0.3 is 9.84 Å². The standard InChI is InChI=1S/C11H11Cl3O2/c12-6-3-8(13)11(9(14)4-6)10-5-7(15)1-2-16-10/h3-4,7,10,15H,1-2,5H2. The van der Waals surface area contributed by atoms with Crippen LogP contribution < -0.4 is 0 Å². The zero-order valence-corrected chi connectivity index (χ0v) is 10.7. The second-order valence-electron chi connectivity index (χ2n) is 3.82. The van der Waals surface area contributed by atoms with E-state index in [1.807, 2.05) is 0 Å². The van der Waals surface area contributed by atoms with Crippen molar-refractivity contribution >= 4 is 34.8 Å². The highest BCUT2D eigenvalue weighted by Crippen LogP contribution is 2.39. The molecule has 88 valence electrons. The molecule has 1 aromatic rings. The highest BCUT2D eigenvalue weighted by Gasteiger charge is 2.26. The molecule has 2 nitrogen and oxygen atoms in total. The maximum Gasteiger partial charge on any atom is 0.0878 e. The number of halogens is 3. The van der Waals surface area contributed by atoms with E-state index in [9.17, 15) is 5.11 Å². The monoisotopic (exact) mass is 280 g/mol. The van der Waals surface area contributed by atoms with Gasteiger partial charge in [0.2, 0.25) is 0 Å². The minimum Gasteiger partial charge on any atom is -0.393 e. The van der Waals surface area contributed by atoms with E-state index < -0.39 is 0 Å². The van der Waals surface area contributed by atoms with Crippen LogP contribution in [0.4, 0.5) is 0 Å². The van der Waals surface area contributed by atoms with E-state index in [1.165, 1.54) is 0 Å². The third-order valence-electron chi connectivity index (χ3n) is 2.62. The van der Waals surface area contributed by atoms with E-state index >= 15 is 0 Å². The van der Waals surface area contributed by atoms with Crippen molar-refractivity contribution in [1.82, 2.24) is 0 Å². The van der Waals surface area contributed by atoms with Crippen LogP contribution >= 0.6 is 34.8 Å². The average molecular weight is 282 g/mol. The lowest BCUT2D eigenvalue weighted by molar-refractivity contribution is -0.0446. The van der Waals surface area contributed by atoms with Crippen molar-refractivity contribution in [2.75, 3.05) is 6.61 Å². The summed E-state index contributed by atoms with van der Waals surface area (Å²) in [4.78, 5) is 0. The second kappa shape index (κ2) is 5.11. The van der Waals surface area contributed by atoms with Crippen LogP contribution in [0.3, 0.4) is 0 Å². The minimum atomic E-state index is -0.360. The number of ether oxygens (including phenoxy) is 1. The average Bonchev–Trinajstić information content (AvgIpc) is 2.15. The Balaban J connectivity index is 2.32. The summed E-state index contributed by atoms with van der Waals surface area (Å²) in [5, 5.41) is 11.0. The molecule has 1 fully saturated rings. The predicted molar refractivity (Wildman–Crippen MR) is 65.4 cm³/mol. The first-order valence-electron chi connectivity index (χ1n) is 5.02. The lowest BCUT2D eigenvalue weighted by Gasteiger charge is -2.28. The van der Waals surface area contributed by atoms with Crippen molar-refractivity contribution in [2.45, 2.75) is 25.0 Å². The maximum absolute atomic E-state index is 9.59. The van der Waals surface area contributed by atoms with Gasteiger partial charge in [0.1, 0.15) is 0 Å². The Hall–Kier alpha value is 0.01000. The molecule has 5 heteroatoms. The van der Waals surface area contributed by atoms with E-state index in [4.69, 9.17) is 39.5 Å². The Labute approximate surface area is 109 Å². The topological polar surface area (TPSA) is 29.5 Å². The van der Waals surface area contributed by atoms with Crippen molar-refractivity contribution < 1.29 is 9.84 Å². The van der Waals surface area contributed by atoms with Crippen LogP contribution in [0.5, 0.6) is 0 Å². The summed E-state index contributed by atoms with van der Waals surface area (Å²) in [6.45, 7) is 0.515. The largest absolute Gasteiger partial charge is 0.393 e. The molecule has 1 aliphatic heterocycles. The fourth-order valence-electron chi connectivity index (χ4n) is 1.84. The van der Waals surface area contributed by atoms with E-state index in [-0.39, 0.29) is 12.2 Å². The molecule has 0 saturated carbocycles. The van der Waals surface area contributed by atoms with Crippen LogP contribution in [0.2, 0.25) is 15.1 Å². The van der Waals surface area contributed by atoms with E-state index in [0.29, 0.717) is 40.1 Å². The van der Waals surface area contributed by atoms with E-state index in [1.54, 1.807) is 12.1 Å². The highest BCUT2D eigenvalue weighted by molar-refractivity contribution is 6.39. The van der Waals surface area contributed by atoms with Gasteiger partial charge in [-0.25, -0.2) is 0 Å². The van der Waals surface area contributed by atoms with Gasteiger partial charge in [-0.3, -0.25) is 0 Å². The third kappa shape index (κ3) is 2.63. The SMILES string of the molecule is OC1CCOC(c2c(Cl)cc(Cl)cc2Cl)C1. The molecule has 0 amide bonds. The first-order valence-corrected chi connectivity index (χ1v) is 6.15. The second-order valence-corrected chi connectivity index (χ2v) is 5.07. The Kier molecular flexibility index (Phi) is 3.98. The van der Waals surface area contributed by atoms with Gasteiger partial charge >= 0.3 is 0 Å². The van der Waals surface area contributed by atoms with Gasteiger partial charge in [0, 0.05) is 33.7 Å². The van der Waals surface area contributed by atoms with Gasteiger partial charge in [0.15, 0.2) is 0 Å². The van der Waals surface area contributed by atoms with Crippen molar-refractivity contribution in [2.24, 2.45) is 0 Å². The van der Waals surface area contributed by atoms with Crippen molar-refractivity contribution in [3.8, 4) is 0 Å². The van der Waals surface area contributed by atoms with Crippen LogP contribution in [0.25, 0.3) is 0 Å². The molecule has 0 spiro atoms. The van der Waals surface area contributed by atoms with Crippen molar-refractivity contribution in [1.29, 1.82) is 0 Å². The zero-order chi connectivity index (χ0) is 11.7. The fraction of sp³-hybridized carbons (Fsp3) is 0.455. The highest BCUT2D eigenvalue weighted by atomic mass is 35.5. The fourth-order valence-corrected chi connectivity index (χ4v) is 2.90.